The number of carbonyl (C=O) groups excluding carboxylic acids is 2. The van der Waals surface area contributed by atoms with Gasteiger partial charge in [0.25, 0.3) is 0 Å². The molecule has 0 radical (unpaired) electrons. The normalized spacial score (nSPS) is 26.0. The predicted octanol–water partition coefficient (Wildman–Crippen LogP) is 1.20. The van der Waals surface area contributed by atoms with Crippen LogP contribution in [0.1, 0.15) is 45.4 Å². The van der Waals surface area contributed by atoms with Gasteiger partial charge in [0.15, 0.2) is 0 Å². The second-order valence-corrected chi connectivity index (χ2v) is 7.01. The molecule has 3 rings (SSSR count). The summed E-state index contributed by atoms with van der Waals surface area (Å²) in [7, 11) is 0. The third kappa shape index (κ3) is 3.86. The fraction of sp³-hybridized carbons (Fsp3) is 0.722. The highest BCUT2D eigenvalue weighted by Gasteiger charge is 2.43. The van der Waals surface area contributed by atoms with Gasteiger partial charge in [0, 0.05) is 18.4 Å². The lowest BCUT2D eigenvalue weighted by Gasteiger charge is -2.38. The van der Waals surface area contributed by atoms with Crippen LogP contribution >= 0.6 is 0 Å². The second kappa shape index (κ2) is 7.99. The number of nitrogens with zero attached hydrogens (tertiary/aromatic N) is 2. The van der Waals surface area contributed by atoms with Crippen LogP contribution in [0.2, 0.25) is 0 Å². The largest absolute Gasteiger partial charge is 0.466 e. The minimum atomic E-state index is -0.604. The molecule has 0 aromatic carbocycles. The molecular weight excluding hydrogens is 320 g/mol. The Hall–Kier alpha value is -1.89. The zero-order valence-corrected chi connectivity index (χ0v) is 14.9. The van der Waals surface area contributed by atoms with Crippen molar-refractivity contribution in [3.8, 4) is 0 Å². The monoisotopic (exact) mass is 348 g/mol. The molecule has 1 aliphatic heterocycles. The summed E-state index contributed by atoms with van der Waals surface area (Å²) in [4.78, 5) is 25.0. The van der Waals surface area contributed by atoms with Crippen LogP contribution in [0.15, 0.2) is 18.5 Å². The number of hydrogen-bond donors (Lipinski definition) is 2. The highest BCUT2D eigenvalue weighted by Crippen LogP contribution is 2.30. The maximum Gasteiger partial charge on any atom is 0.308 e. The number of amides is 1. The molecule has 25 heavy (non-hydrogen) atoms. The van der Waals surface area contributed by atoms with E-state index >= 15 is 0 Å². The van der Waals surface area contributed by atoms with E-state index in [1.165, 1.54) is 0 Å². The van der Waals surface area contributed by atoms with Crippen molar-refractivity contribution in [3.63, 3.8) is 0 Å². The summed E-state index contributed by atoms with van der Waals surface area (Å²) in [6, 6.07) is 1.99. The van der Waals surface area contributed by atoms with Gasteiger partial charge in [-0.1, -0.05) is 0 Å². The van der Waals surface area contributed by atoms with E-state index in [9.17, 15) is 9.59 Å². The molecule has 1 saturated carbocycles. The number of piperidine rings is 1. The van der Waals surface area contributed by atoms with E-state index < -0.39 is 5.54 Å². The van der Waals surface area contributed by atoms with Gasteiger partial charge in [-0.15, -0.1) is 0 Å². The van der Waals surface area contributed by atoms with Crippen molar-refractivity contribution in [2.75, 3.05) is 19.7 Å². The molecule has 1 aliphatic carbocycles. The molecule has 2 aliphatic rings. The SMILES string of the molecule is CCOC(=O)C1CCC(NC(=O)C2(n3cccn3)CCNCC2)CC1. The topological polar surface area (TPSA) is 85.2 Å². The number of aromatic nitrogens is 2. The number of ether oxygens (including phenoxy) is 1. The smallest absolute Gasteiger partial charge is 0.308 e. The summed E-state index contributed by atoms with van der Waals surface area (Å²) in [6.07, 6.45) is 8.27. The Morgan fingerprint density at radius 2 is 2.00 bits per heavy atom. The van der Waals surface area contributed by atoms with Gasteiger partial charge in [-0.2, -0.15) is 5.10 Å². The molecule has 0 bridgehead atoms. The third-order valence-electron chi connectivity index (χ3n) is 5.48. The lowest BCUT2D eigenvalue weighted by atomic mass is 9.84. The Labute approximate surface area is 148 Å². The number of hydrogen-bond acceptors (Lipinski definition) is 5. The van der Waals surface area contributed by atoms with Crippen LogP contribution in [0.4, 0.5) is 0 Å². The van der Waals surface area contributed by atoms with Crippen molar-refractivity contribution >= 4 is 11.9 Å². The molecular formula is C18H28N4O3. The van der Waals surface area contributed by atoms with Crippen LogP contribution < -0.4 is 10.6 Å². The molecule has 1 amide bonds. The van der Waals surface area contributed by atoms with Gasteiger partial charge in [-0.05, 0) is 64.6 Å². The molecule has 0 atom stereocenters. The van der Waals surface area contributed by atoms with E-state index in [1.807, 2.05) is 23.9 Å². The van der Waals surface area contributed by atoms with E-state index in [-0.39, 0.29) is 23.8 Å². The fourth-order valence-electron chi connectivity index (χ4n) is 3.98. The van der Waals surface area contributed by atoms with Gasteiger partial charge in [0.1, 0.15) is 5.54 Å². The van der Waals surface area contributed by atoms with Crippen molar-refractivity contribution in [1.29, 1.82) is 0 Å². The minimum absolute atomic E-state index is 0.0212. The van der Waals surface area contributed by atoms with Crippen LogP contribution in [0.25, 0.3) is 0 Å². The summed E-state index contributed by atoms with van der Waals surface area (Å²) in [5.41, 5.74) is -0.604. The molecule has 1 saturated heterocycles. The first-order valence-corrected chi connectivity index (χ1v) is 9.34. The first-order valence-electron chi connectivity index (χ1n) is 9.34. The van der Waals surface area contributed by atoms with Crippen molar-refractivity contribution in [2.45, 2.75) is 57.0 Å². The van der Waals surface area contributed by atoms with Gasteiger partial charge in [-0.3, -0.25) is 14.3 Å². The lowest BCUT2D eigenvalue weighted by Crippen LogP contribution is -2.56. The van der Waals surface area contributed by atoms with Crippen molar-refractivity contribution in [1.82, 2.24) is 20.4 Å². The van der Waals surface area contributed by atoms with Crippen LogP contribution in [0.3, 0.4) is 0 Å². The number of rotatable bonds is 5. The summed E-state index contributed by atoms with van der Waals surface area (Å²) in [6.45, 7) is 3.87. The molecule has 138 valence electrons. The Morgan fingerprint density at radius 3 is 2.60 bits per heavy atom. The van der Waals surface area contributed by atoms with Crippen LogP contribution in [-0.2, 0) is 19.9 Å². The number of carbonyl (C=O) groups is 2. The Morgan fingerprint density at radius 1 is 1.28 bits per heavy atom. The van der Waals surface area contributed by atoms with Gasteiger partial charge < -0.3 is 15.4 Å². The van der Waals surface area contributed by atoms with E-state index in [0.29, 0.717) is 6.61 Å². The highest BCUT2D eigenvalue weighted by atomic mass is 16.5. The quantitative estimate of drug-likeness (QED) is 0.781. The molecule has 1 aromatic heterocycles. The van der Waals surface area contributed by atoms with Crippen LogP contribution in [0, 0.1) is 5.92 Å². The molecule has 2 N–H and O–H groups in total. The maximum absolute atomic E-state index is 13.1. The first kappa shape index (κ1) is 17.9. The van der Waals surface area contributed by atoms with E-state index in [2.05, 4.69) is 15.7 Å². The standard InChI is InChI=1S/C18H28N4O3/c1-2-25-16(23)14-4-6-15(7-5-14)21-17(24)18(8-11-19-12-9-18)22-13-3-10-20-22/h3,10,13-15,19H,2,4-9,11-12H2,1H3,(H,21,24). The average molecular weight is 348 g/mol. The van der Waals surface area contributed by atoms with Gasteiger partial charge in [0.05, 0.1) is 12.5 Å². The van der Waals surface area contributed by atoms with Crippen molar-refractivity contribution in [2.24, 2.45) is 5.92 Å². The Balaban J connectivity index is 1.60. The van der Waals surface area contributed by atoms with E-state index in [1.54, 1.807) is 6.20 Å². The number of esters is 1. The second-order valence-electron chi connectivity index (χ2n) is 7.01. The van der Waals surface area contributed by atoms with Gasteiger partial charge >= 0.3 is 5.97 Å². The summed E-state index contributed by atoms with van der Waals surface area (Å²) in [5.74, 6) is -0.0667. The molecule has 7 nitrogen and oxygen atoms in total. The van der Waals surface area contributed by atoms with Crippen LogP contribution in [-0.4, -0.2) is 47.4 Å². The minimum Gasteiger partial charge on any atom is -0.466 e. The molecule has 7 heteroatoms. The Bertz CT molecular complexity index is 573. The predicted molar refractivity (Wildman–Crippen MR) is 92.8 cm³/mol. The van der Waals surface area contributed by atoms with Crippen LogP contribution in [0.5, 0.6) is 0 Å². The zero-order chi connectivity index (χ0) is 17.7. The Kier molecular flexibility index (Phi) is 5.73. The van der Waals surface area contributed by atoms with Crippen molar-refractivity contribution < 1.29 is 14.3 Å². The van der Waals surface area contributed by atoms with Gasteiger partial charge in [-0.25, -0.2) is 0 Å². The summed E-state index contributed by atoms with van der Waals surface area (Å²) >= 11 is 0. The van der Waals surface area contributed by atoms with E-state index in [0.717, 1.165) is 51.6 Å². The van der Waals surface area contributed by atoms with E-state index in [4.69, 9.17) is 4.74 Å². The van der Waals surface area contributed by atoms with Gasteiger partial charge in [0.2, 0.25) is 5.91 Å². The average Bonchev–Trinajstić information content (AvgIpc) is 3.18. The summed E-state index contributed by atoms with van der Waals surface area (Å²) in [5, 5.41) is 10.9. The molecule has 0 spiro atoms. The molecule has 0 unspecified atom stereocenters. The van der Waals surface area contributed by atoms with Crippen molar-refractivity contribution in [3.05, 3.63) is 18.5 Å². The first-order chi connectivity index (χ1) is 12.2. The molecule has 2 heterocycles. The third-order valence-corrected chi connectivity index (χ3v) is 5.48. The molecule has 2 fully saturated rings. The molecule has 1 aromatic rings. The number of nitrogens with one attached hydrogen (secondary N) is 2. The highest BCUT2D eigenvalue weighted by molar-refractivity contribution is 5.85. The summed E-state index contributed by atoms with van der Waals surface area (Å²) < 4.78 is 6.93. The zero-order valence-electron chi connectivity index (χ0n) is 14.9. The lowest BCUT2D eigenvalue weighted by molar-refractivity contribution is -0.149. The fourth-order valence-corrected chi connectivity index (χ4v) is 3.98. The maximum atomic E-state index is 13.1.